The molecule has 1 aliphatic rings. The molecule has 2 amide bonds. The number of carbonyl (C=O) groups excluding carboxylic acids is 3. The third-order valence-corrected chi connectivity index (χ3v) is 5.80. The molecule has 0 radical (unpaired) electrons. The average Bonchev–Trinajstić information content (AvgIpc) is 3.40. The predicted octanol–water partition coefficient (Wildman–Crippen LogP) is 4.03. The van der Waals surface area contributed by atoms with E-state index in [4.69, 9.17) is 14.3 Å². The van der Waals surface area contributed by atoms with Crippen LogP contribution in [0, 0.1) is 0 Å². The van der Waals surface area contributed by atoms with Gasteiger partial charge in [-0.25, -0.2) is 14.6 Å². The van der Waals surface area contributed by atoms with Crippen molar-refractivity contribution < 1.29 is 28.7 Å². The van der Waals surface area contributed by atoms with Gasteiger partial charge < -0.3 is 14.8 Å². The zero-order valence-electron chi connectivity index (χ0n) is 21.9. The molecule has 4 aromatic rings. The summed E-state index contributed by atoms with van der Waals surface area (Å²) in [7, 11) is 1.83. The molecule has 1 aliphatic heterocycles. The van der Waals surface area contributed by atoms with Gasteiger partial charge in [0.05, 0.1) is 22.8 Å². The number of imide groups is 1. The number of rotatable bonds is 8. The second-order valence-corrected chi connectivity index (χ2v) is 9.90. The van der Waals surface area contributed by atoms with E-state index in [1.54, 1.807) is 62.0 Å². The Morgan fingerprint density at radius 3 is 2.36 bits per heavy atom. The SMILES string of the molecule is Cn1nccc1Nc1ccc2cc(OC[C@H](ON3C(=O)c4ccccc4C3=O)C(=O)OC(C)(C)C)ccc2n1. The molecule has 0 fully saturated rings. The van der Waals surface area contributed by atoms with Gasteiger partial charge in [-0.05, 0) is 63.2 Å². The van der Waals surface area contributed by atoms with Crippen LogP contribution in [-0.4, -0.2) is 55.9 Å². The molecule has 39 heavy (non-hydrogen) atoms. The van der Waals surface area contributed by atoms with E-state index >= 15 is 0 Å². The number of nitrogens with one attached hydrogen (secondary N) is 1. The maximum absolute atomic E-state index is 13.0. The molecule has 1 atom stereocenters. The van der Waals surface area contributed by atoms with Crippen molar-refractivity contribution in [1.29, 1.82) is 0 Å². The minimum atomic E-state index is -1.38. The van der Waals surface area contributed by atoms with E-state index in [0.29, 0.717) is 16.6 Å². The number of aromatic nitrogens is 3. The summed E-state index contributed by atoms with van der Waals surface area (Å²) in [6.07, 6.45) is 0.307. The summed E-state index contributed by atoms with van der Waals surface area (Å²) in [6, 6.07) is 17.2. The van der Waals surface area contributed by atoms with E-state index in [2.05, 4.69) is 15.4 Å². The summed E-state index contributed by atoms with van der Waals surface area (Å²) in [5, 5.41) is 8.73. The first-order valence-corrected chi connectivity index (χ1v) is 12.3. The standard InChI is InChI=1S/C28H27N5O6/c1-28(2,3)38-27(36)22(39-33-25(34)19-7-5-6-8-20(19)26(33)35)16-37-18-10-11-21-17(15-18)9-12-23(30-21)31-24-13-14-29-32(24)4/h5-15,22H,16H2,1-4H3,(H,30,31)/t22-/m0/s1. The van der Waals surface area contributed by atoms with Crippen LogP contribution < -0.4 is 10.1 Å². The molecule has 0 saturated carbocycles. The minimum Gasteiger partial charge on any atom is -0.490 e. The Bertz CT molecular complexity index is 1540. The van der Waals surface area contributed by atoms with E-state index in [1.165, 1.54) is 12.1 Å². The van der Waals surface area contributed by atoms with Gasteiger partial charge in [0.15, 0.2) is 0 Å². The zero-order valence-corrected chi connectivity index (χ0v) is 21.9. The van der Waals surface area contributed by atoms with E-state index in [-0.39, 0.29) is 17.7 Å². The van der Waals surface area contributed by atoms with E-state index in [9.17, 15) is 14.4 Å². The quantitative estimate of drug-likeness (QED) is 0.266. The van der Waals surface area contributed by atoms with Crippen molar-refractivity contribution in [3.05, 3.63) is 78.0 Å². The van der Waals surface area contributed by atoms with Crippen LogP contribution >= 0.6 is 0 Å². The first kappa shape index (κ1) is 25.9. The Balaban J connectivity index is 1.32. The second kappa shape index (κ2) is 10.2. The fraction of sp³-hybridized carbons (Fsp3) is 0.250. The van der Waals surface area contributed by atoms with Crippen LogP contribution in [0.1, 0.15) is 41.5 Å². The molecule has 0 bridgehead atoms. The van der Waals surface area contributed by atoms with E-state index in [0.717, 1.165) is 16.7 Å². The Kier molecular flexibility index (Phi) is 6.75. The first-order valence-electron chi connectivity index (χ1n) is 12.3. The lowest BCUT2D eigenvalue weighted by Gasteiger charge is -2.26. The van der Waals surface area contributed by atoms with Crippen molar-refractivity contribution in [2.75, 3.05) is 11.9 Å². The second-order valence-electron chi connectivity index (χ2n) is 9.90. The van der Waals surface area contributed by atoms with Crippen LogP contribution in [-0.2, 0) is 21.4 Å². The Morgan fingerprint density at radius 2 is 1.72 bits per heavy atom. The molecule has 200 valence electrons. The number of anilines is 2. The molecule has 0 aliphatic carbocycles. The maximum atomic E-state index is 13.0. The number of ether oxygens (including phenoxy) is 2. The van der Waals surface area contributed by atoms with Gasteiger partial charge in [-0.15, -0.1) is 5.06 Å². The molecule has 0 unspecified atom stereocenters. The third-order valence-electron chi connectivity index (χ3n) is 5.80. The number of nitrogens with zero attached hydrogens (tertiary/aromatic N) is 4. The van der Waals surface area contributed by atoms with Gasteiger partial charge >= 0.3 is 5.97 Å². The highest BCUT2D eigenvalue weighted by Gasteiger charge is 2.40. The zero-order chi connectivity index (χ0) is 27.7. The van der Waals surface area contributed by atoms with Crippen LogP contribution in [0.5, 0.6) is 5.75 Å². The van der Waals surface area contributed by atoms with Crippen LogP contribution in [0.15, 0.2) is 66.9 Å². The topological polar surface area (TPSA) is 125 Å². The predicted molar refractivity (Wildman–Crippen MR) is 141 cm³/mol. The van der Waals surface area contributed by atoms with Crippen LogP contribution in [0.25, 0.3) is 10.9 Å². The van der Waals surface area contributed by atoms with Crippen molar-refractivity contribution in [3.8, 4) is 5.75 Å². The lowest BCUT2D eigenvalue weighted by molar-refractivity contribution is -0.193. The van der Waals surface area contributed by atoms with E-state index < -0.39 is 29.5 Å². The number of carbonyl (C=O) groups is 3. The highest BCUT2D eigenvalue weighted by molar-refractivity contribution is 6.20. The smallest absolute Gasteiger partial charge is 0.342 e. The van der Waals surface area contributed by atoms with Gasteiger partial charge in [0, 0.05) is 18.5 Å². The molecule has 11 nitrogen and oxygen atoms in total. The van der Waals surface area contributed by atoms with Gasteiger partial charge in [0.25, 0.3) is 11.8 Å². The molecular formula is C28H27N5O6. The largest absolute Gasteiger partial charge is 0.490 e. The molecule has 2 aromatic heterocycles. The molecule has 5 rings (SSSR count). The van der Waals surface area contributed by atoms with Gasteiger partial charge in [-0.1, -0.05) is 12.1 Å². The van der Waals surface area contributed by atoms with Crippen LogP contribution in [0.2, 0.25) is 0 Å². The highest BCUT2D eigenvalue weighted by Crippen LogP contribution is 2.26. The number of hydroxylamine groups is 2. The molecule has 3 heterocycles. The first-order chi connectivity index (χ1) is 18.6. The van der Waals surface area contributed by atoms with Crippen molar-refractivity contribution in [2.45, 2.75) is 32.5 Å². The monoisotopic (exact) mass is 529 g/mol. The van der Waals surface area contributed by atoms with Crippen LogP contribution in [0.3, 0.4) is 0 Å². The summed E-state index contributed by atoms with van der Waals surface area (Å²) in [5.74, 6) is -0.191. The molecule has 0 saturated heterocycles. The van der Waals surface area contributed by atoms with Gasteiger partial charge in [-0.2, -0.15) is 5.10 Å². The summed E-state index contributed by atoms with van der Waals surface area (Å²) in [5.41, 5.74) is 0.299. The number of pyridine rings is 1. The lowest BCUT2D eigenvalue weighted by Crippen LogP contribution is -2.43. The molecule has 0 spiro atoms. The molecule has 2 aromatic carbocycles. The van der Waals surface area contributed by atoms with Gasteiger partial charge in [0.2, 0.25) is 6.10 Å². The number of aryl methyl sites for hydroxylation is 1. The number of benzene rings is 2. The summed E-state index contributed by atoms with van der Waals surface area (Å²) < 4.78 is 13.0. The number of hydrogen-bond donors (Lipinski definition) is 1. The highest BCUT2D eigenvalue weighted by atomic mass is 16.7. The van der Waals surface area contributed by atoms with Crippen molar-refractivity contribution >= 4 is 40.3 Å². The summed E-state index contributed by atoms with van der Waals surface area (Å²) in [6.45, 7) is 4.82. The Morgan fingerprint density at radius 1 is 1.00 bits per heavy atom. The van der Waals surface area contributed by atoms with Crippen molar-refractivity contribution in [1.82, 2.24) is 19.8 Å². The summed E-state index contributed by atoms with van der Waals surface area (Å²) in [4.78, 5) is 48.8. The normalized spacial score (nSPS) is 13.9. The minimum absolute atomic E-state index is 0.200. The molecular weight excluding hydrogens is 502 g/mol. The number of amides is 2. The maximum Gasteiger partial charge on any atom is 0.342 e. The summed E-state index contributed by atoms with van der Waals surface area (Å²) >= 11 is 0. The molecule has 1 N–H and O–H groups in total. The van der Waals surface area contributed by atoms with E-state index in [1.807, 2.05) is 25.2 Å². The van der Waals surface area contributed by atoms with Gasteiger partial charge in [-0.3, -0.25) is 14.3 Å². The third kappa shape index (κ3) is 5.58. The van der Waals surface area contributed by atoms with Crippen molar-refractivity contribution in [3.63, 3.8) is 0 Å². The fourth-order valence-corrected chi connectivity index (χ4v) is 3.96. The average molecular weight is 530 g/mol. The van der Waals surface area contributed by atoms with Gasteiger partial charge in [0.1, 0.15) is 29.6 Å². The molecule has 11 heteroatoms. The van der Waals surface area contributed by atoms with Crippen LogP contribution in [0.4, 0.5) is 11.6 Å². The number of hydrogen-bond acceptors (Lipinski definition) is 9. The number of esters is 1. The Hall–Kier alpha value is -4.77. The van der Waals surface area contributed by atoms with Crippen molar-refractivity contribution in [2.24, 2.45) is 7.05 Å². The lowest BCUT2D eigenvalue weighted by atomic mass is 10.1. The fourth-order valence-electron chi connectivity index (χ4n) is 3.96. The Labute approximate surface area is 224 Å². The number of fused-ring (bicyclic) bond motifs is 2.